The Morgan fingerprint density at radius 3 is 2.45 bits per heavy atom. The van der Waals surface area contributed by atoms with Crippen LogP contribution in [0.15, 0.2) is 30.3 Å². The first kappa shape index (κ1) is 16.2. The van der Waals surface area contributed by atoms with Gasteiger partial charge in [0.25, 0.3) is 0 Å². The fraction of sp³-hybridized carbons (Fsp3) is 0.467. The lowest BCUT2D eigenvalue weighted by molar-refractivity contribution is -0.135. The average Bonchev–Trinajstić information content (AvgIpc) is 2.45. The highest BCUT2D eigenvalue weighted by atomic mass is 16.2. The molecule has 0 bridgehead atoms. The predicted molar refractivity (Wildman–Crippen MR) is 80.1 cm³/mol. The quantitative estimate of drug-likeness (QED) is 0.826. The maximum atomic E-state index is 12.1. The van der Waals surface area contributed by atoms with Crippen molar-refractivity contribution in [2.45, 2.75) is 26.3 Å². The molecule has 0 spiro atoms. The van der Waals surface area contributed by atoms with E-state index in [1.807, 2.05) is 32.0 Å². The van der Waals surface area contributed by atoms with Crippen molar-refractivity contribution < 1.29 is 9.59 Å². The lowest BCUT2D eigenvalue weighted by atomic mass is 9.99. The summed E-state index contributed by atoms with van der Waals surface area (Å²) < 4.78 is 0. The number of rotatable bonds is 6. The molecule has 1 rings (SSSR count). The van der Waals surface area contributed by atoms with Crippen LogP contribution in [0.5, 0.6) is 0 Å². The van der Waals surface area contributed by atoms with Crippen molar-refractivity contribution in [2.75, 3.05) is 18.9 Å². The average molecular weight is 277 g/mol. The van der Waals surface area contributed by atoms with Crippen molar-refractivity contribution in [1.29, 1.82) is 0 Å². The van der Waals surface area contributed by atoms with Gasteiger partial charge in [0.15, 0.2) is 0 Å². The van der Waals surface area contributed by atoms with Gasteiger partial charge in [-0.25, -0.2) is 0 Å². The van der Waals surface area contributed by atoms with Crippen LogP contribution in [-0.4, -0.2) is 36.3 Å². The molecule has 5 nitrogen and oxygen atoms in total. The second-order valence-electron chi connectivity index (χ2n) is 5.02. The molecule has 1 aromatic carbocycles. The second-order valence-corrected chi connectivity index (χ2v) is 5.02. The Bertz CT molecular complexity index is 448. The van der Waals surface area contributed by atoms with Gasteiger partial charge in [-0.15, -0.1) is 0 Å². The van der Waals surface area contributed by atoms with E-state index in [0.717, 1.165) is 6.42 Å². The van der Waals surface area contributed by atoms with E-state index in [1.54, 1.807) is 19.2 Å². The lowest BCUT2D eigenvalue weighted by Crippen LogP contribution is -2.47. The molecular formula is C15H23N3O2. The Morgan fingerprint density at radius 1 is 1.30 bits per heavy atom. The Morgan fingerprint density at radius 2 is 1.90 bits per heavy atom. The number of nitrogens with one attached hydrogen (secondary N) is 1. The summed E-state index contributed by atoms with van der Waals surface area (Å²) >= 11 is 0. The highest BCUT2D eigenvalue weighted by Gasteiger charge is 2.23. The molecule has 110 valence electrons. The SMILES string of the molecule is CCC(C)C(N)C(=O)N(C)CC(=O)Nc1ccccc1. The number of carbonyl (C=O) groups is 2. The smallest absolute Gasteiger partial charge is 0.243 e. The Hall–Kier alpha value is -1.88. The van der Waals surface area contributed by atoms with E-state index in [4.69, 9.17) is 5.73 Å². The van der Waals surface area contributed by atoms with Gasteiger partial charge in [-0.05, 0) is 18.1 Å². The largest absolute Gasteiger partial charge is 0.335 e. The van der Waals surface area contributed by atoms with Crippen LogP contribution >= 0.6 is 0 Å². The summed E-state index contributed by atoms with van der Waals surface area (Å²) in [6.45, 7) is 3.91. The van der Waals surface area contributed by atoms with E-state index in [1.165, 1.54) is 4.90 Å². The standard InChI is InChI=1S/C15H23N3O2/c1-4-11(2)14(16)15(20)18(3)10-13(19)17-12-8-6-5-7-9-12/h5-9,11,14H,4,10,16H2,1-3H3,(H,17,19). The third kappa shape index (κ3) is 4.66. The number of likely N-dealkylation sites (N-methyl/N-ethyl adjacent to an activating group) is 1. The van der Waals surface area contributed by atoms with Gasteiger partial charge < -0.3 is 16.0 Å². The van der Waals surface area contributed by atoms with Crippen LogP contribution in [0.1, 0.15) is 20.3 Å². The van der Waals surface area contributed by atoms with Gasteiger partial charge in [0.2, 0.25) is 11.8 Å². The fourth-order valence-corrected chi connectivity index (χ4v) is 1.77. The summed E-state index contributed by atoms with van der Waals surface area (Å²) in [6, 6.07) is 8.58. The number of para-hydroxylation sites is 1. The Kier molecular flexibility index (Phi) is 6.18. The van der Waals surface area contributed by atoms with E-state index in [9.17, 15) is 9.59 Å². The molecule has 0 saturated carbocycles. The summed E-state index contributed by atoms with van der Waals surface area (Å²) in [4.78, 5) is 25.3. The van der Waals surface area contributed by atoms with E-state index in [2.05, 4.69) is 5.32 Å². The van der Waals surface area contributed by atoms with Gasteiger partial charge in [-0.1, -0.05) is 38.5 Å². The summed E-state index contributed by atoms with van der Waals surface area (Å²) in [7, 11) is 1.59. The van der Waals surface area contributed by atoms with E-state index in [-0.39, 0.29) is 24.3 Å². The van der Waals surface area contributed by atoms with Crippen LogP contribution in [0.2, 0.25) is 0 Å². The monoisotopic (exact) mass is 277 g/mol. The molecule has 3 N–H and O–H groups in total. The third-order valence-electron chi connectivity index (χ3n) is 3.36. The molecule has 1 aromatic rings. The zero-order chi connectivity index (χ0) is 15.1. The van der Waals surface area contributed by atoms with Gasteiger partial charge in [-0.3, -0.25) is 9.59 Å². The van der Waals surface area contributed by atoms with Crippen LogP contribution in [0, 0.1) is 5.92 Å². The first-order valence-electron chi connectivity index (χ1n) is 6.81. The van der Waals surface area contributed by atoms with Gasteiger partial charge in [-0.2, -0.15) is 0 Å². The number of nitrogens with two attached hydrogens (primary N) is 1. The molecule has 0 aromatic heterocycles. The molecule has 0 aliphatic heterocycles. The van der Waals surface area contributed by atoms with E-state index >= 15 is 0 Å². The molecule has 2 amide bonds. The van der Waals surface area contributed by atoms with Gasteiger partial charge in [0.05, 0.1) is 12.6 Å². The zero-order valence-electron chi connectivity index (χ0n) is 12.3. The van der Waals surface area contributed by atoms with Crippen molar-refractivity contribution in [3.63, 3.8) is 0 Å². The lowest BCUT2D eigenvalue weighted by Gasteiger charge is -2.24. The Balaban J connectivity index is 2.51. The van der Waals surface area contributed by atoms with E-state index in [0.29, 0.717) is 5.69 Å². The minimum absolute atomic E-state index is 0.00212. The molecule has 20 heavy (non-hydrogen) atoms. The number of amides is 2. The molecule has 0 aliphatic rings. The highest BCUT2D eigenvalue weighted by molar-refractivity contribution is 5.95. The molecule has 2 unspecified atom stereocenters. The molecule has 0 aliphatic carbocycles. The van der Waals surface area contributed by atoms with Crippen LogP contribution in [0.4, 0.5) is 5.69 Å². The summed E-state index contributed by atoms with van der Waals surface area (Å²) in [5.41, 5.74) is 6.59. The first-order chi connectivity index (χ1) is 9.45. The number of anilines is 1. The summed E-state index contributed by atoms with van der Waals surface area (Å²) in [6.07, 6.45) is 0.830. The molecule has 2 atom stereocenters. The van der Waals surface area contributed by atoms with Crippen molar-refractivity contribution in [1.82, 2.24) is 4.90 Å². The maximum absolute atomic E-state index is 12.1. The molecule has 0 fully saturated rings. The number of hydrogen-bond acceptors (Lipinski definition) is 3. The first-order valence-corrected chi connectivity index (χ1v) is 6.81. The molecule has 5 heteroatoms. The third-order valence-corrected chi connectivity index (χ3v) is 3.36. The summed E-state index contributed by atoms with van der Waals surface area (Å²) in [5, 5.41) is 2.74. The fourth-order valence-electron chi connectivity index (χ4n) is 1.77. The molecule has 0 radical (unpaired) electrons. The number of benzene rings is 1. The zero-order valence-corrected chi connectivity index (χ0v) is 12.3. The summed E-state index contributed by atoms with van der Waals surface area (Å²) in [5.74, 6) is -0.340. The normalized spacial score (nSPS) is 13.4. The minimum Gasteiger partial charge on any atom is -0.335 e. The second kappa shape index (κ2) is 7.65. The van der Waals surface area contributed by atoms with Gasteiger partial charge in [0, 0.05) is 12.7 Å². The number of nitrogens with zero attached hydrogens (tertiary/aromatic N) is 1. The van der Waals surface area contributed by atoms with Crippen LogP contribution in [0.3, 0.4) is 0 Å². The van der Waals surface area contributed by atoms with E-state index < -0.39 is 6.04 Å². The highest BCUT2D eigenvalue weighted by Crippen LogP contribution is 2.08. The topological polar surface area (TPSA) is 75.4 Å². The maximum Gasteiger partial charge on any atom is 0.243 e. The van der Waals surface area contributed by atoms with Gasteiger partial charge >= 0.3 is 0 Å². The van der Waals surface area contributed by atoms with Crippen molar-refractivity contribution in [2.24, 2.45) is 11.7 Å². The van der Waals surface area contributed by atoms with Crippen molar-refractivity contribution in [3.8, 4) is 0 Å². The van der Waals surface area contributed by atoms with Gasteiger partial charge in [0.1, 0.15) is 0 Å². The number of carbonyl (C=O) groups excluding carboxylic acids is 2. The Labute approximate surface area is 120 Å². The molecule has 0 heterocycles. The minimum atomic E-state index is -0.561. The van der Waals surface area contributed by atoms with Crippen molar-refractivity contribution >= 4 is 17.5 Å². The van der Waals surface area contributed by atoms with Crippen LogP contribution < -0.4 is 11.1 Å². The van der Waals surface area contributed by atoms with Crippen molar-refractivity contribution in [3.05, 3.63) is 30.3 Å². The molecule has 0 saturated heterocycles. The van der Waals surface area contributed by atoms with Crippen LogP contribution in [-0.2, 0) is 9.59 Å². The number of hydrogen-bond donors (Lipinski definition) is 2. The predicted octanol–water partition coefficient (Wildman–Crippen LogP) is 1.46. The molecular weight excluding hydrogens is 254 g/mol. The van der Waals surface area contributed by atoms with Crippen LogP contribution in [0.25, 0.3) is 0 Å².